The molecule has 0 aliphatic heterocycles. The molecule has 6 heteroatoms. The van der Waals surface area contributed by atoms with E-state index in [9.17, 15) is 9.46 Å². The molecule has 0 aliphatic rings. The van der Waals surface area contributed by atoms with E-state index in [0.717, 1.165) is 11.1 Å². The number of benzene rings is 2. The Morgan fingerprint density at radius 3 is 1.50 bits per heavy atom. The summed E-state index contributed by atoms with van der Waals surface area (Å²) < 4.78 is 21.5. The van der Waals surface area contributed by atoms with E-state index in [1.807, 2.05) is 60.7 Å². The Balaban J connectivity index is 0.00000200. The third-order valence-electron chi connectivity index (χ3n) is 2.47. The summed E-state index contributed by atoms with van der Waals surface area (Å²) in [4.78, 5) is 9.55. The molecule has 0 aromatic heterocycles. The molecule has 1 N–H and O–H groups in total. The maximum atomic E-state index is 11.7. The Bertz CT molecular complexity index is 500. The zero-order valence-corrected chi connectivity index (χ0v) is 15.3. The van der Waals surface area contributed by atoms with Crippen LogP contribution in [0.3, 0.4) is 0 Å². The normalized spacial score (nSPS) is 10.8. The van der Waals surface area contributed by atoms with Crippen LogP contribution in [-0.4, -0.2) is 56.3 Å². The SMILES string of the molecule is O=P(O)(OCc1ccccc1)OCc1ccccc1.[K]. The Morgan fingerprint density at radius 1 is 0.800 bits per heavy atom. The van der Waals surface area contributed by atoms with Gasteiger partial charge in [-0.3, -0.25) is 9.05 Å². The van der Waals surface area contributed by atoms with E-state index < -0.39 is 7.82 Å². The Morgan fingerprint density at radius 2 is 1.15 bits per heavy atom. The summed E-state index contributed by atoms with van der Waals surface area (Å²) in [6.45, 7) is 0.0901. The quantitative estimate of drug-likeness (QED) is 0.657. The average Bonchev–Trinajstić information content (AvgIpc) is 2.46. The van der Waals surface area contributed by atoms with Gasteiger partial charge in [0.15, 0.2) is 0 Å². The Labute approximate surface area is 161 Å². The molecule has 0 atom stereocenters. The van der Waals surface area contributed by atoms with Gasteiger partial charge in [-0.25, -0.2) is 4.57 Å². The van der Waals surface area contributed by atoms with E-state index in [4.69, 9.17) is 9.05 Å². The van der Waals surface area contributed by atoms with Gasteiger partial charge in [-0.15, -0.1) is 0 Å². The first-order valence-electron chi connectivity index (χ1n) is 5.85. The van der Waals surface area contributed by atoms with Crippen LogP contribution in [0, 0.1) is 0 Å². The van der Waals surface area contributed by atoms with Crippen LogP contribution in [0.25, 0.3) is 0 Å². The molecule has 4 nitrogen and oxygen atoms in total. The summed E-state index contributed by atoms with van der Waals surface area (Å²) in [6, 6.07) is 18.4. The fourth-order valence-corrected chi connectivity index (χ4v) is 2.20. The van der Waals surface area contributed by atoms with Gasteiger partial charge in [0, 0.05) is 51.4 Å². The van der Waals surface area contributed by atoms with Crippen LogP contribution in [0.1, 0.15) is 11.1 Å². The van der Waals surface area contributed by atoms with Crippen LogP contribution in [-0.2, 0) is 26.8 Å². The molecule has 101 valence electrons. The minimum absolute atomic E-state index is 0. The topological polar surface area (TPSA) is 55.8 Å². The van der Waals surface area contributed by atoms with Gasteiger partial charge in [0.1, 0.15) is 0 Å². The molecule has 20 heavy (non-hydrogen) atoms. The second kappa shape index (κ2) is 9.25. The van der Waals surface area contributed by atoms with Crippen LogP contribution < -0.4 is 0 Å². The monoisotopic (exact) mass is 317 g/mol. The second-order valence-corrected chi connectivity index (χ2v) is 5.44. The summed E-state index contributed by atoms with van der Waals surface area (Å²) in [5, 5.41) is 0. The molecule has 0 amide bonds. The summed E-state index contributed by atoms with van der Waals surface area (Å²) >= 11 is 0. The largest absolute Gasteiger partial charge is 0.472 e. The predicted molar refractivity (Wildman–Crippen MR) is 78.0 cm³/mol. The van der Waals surface area contributed by atoms with Crippen molar-refractivity contribution in [3.05, 3.63) is 71.8 Å². The summed E-state index contributed by atoms with van der Waals surface area (Å²) in [6.07, 6.45) is 0. The molecule has 0 spiro atoms. The zero-order chi connectivity index (χ0) is 13.6. The van der Waals surface area contributed by atoms with Crippen molar-refractivity contribution in [1.29, 1.82) is 0 Å². The van der Waals surface area contributed by atoms with Crippen molar-refractivity contribution in [2.24, 2.45) is 0 Å². The van der Waals surface area contributed by atoms with Crippen LogP contribution in [0.5, 0.6) is 0 Å². The van der Waals surface area contributed by atoms with Crippen molar-refractivity contribution in [1.82, 2.24) is 0 Å². The maximum Gasteiger partial charge on any atom is 0.472 e. The first-order valence-corrected chi connectivity index (χ1v) is 7.35. The first kappa shape index (κ1) is 18.2. The molecule has 0 saturated carbocycles. The van der Waals surface area contributed by atoms with Gasteiger partial charge < -0.3 is 4.89 Å². The van der Waals surface area contributed by atoms with Crippen LogP contribution in [0.2, 0.25) is 0 Å². The molecule has 2 rings (SSSR count). The molecular weight excluding hydrogens is 302 g/mol. The number of hydrogen-bond donors (Lipinski definition) is 1. The van der Waals surface area contributed by atoms with Gasteiger partial charge in [-0.05, 0) is 11.1 Å². The smallest absolute Gasteiger partial charge is 0.302 e. The number of hydrogen-bond acceptors (Lipinski definition) is 3. The molecule has 0 bridgehead atoms. The maximum absolute atomic E-state index is 11.7. The van der Waals surface area contributed by atoms with Crippen molar-refractivity contribution >= 4 is 59.2 Å². The number of phosphoric acid groups is 1. The van der Waals surface area contributed by atoms with Gasteiger partial charge in [-0.1, -0.05) is 60.7 Å². The van der Waals surface area contributed by atoms with E-state index in [1.54, 1.807) is 0 Å². The Kier molecular flexibility index (Phi) is 8.44. The van der Waals surface area contributed by atoms with Crippen molar-refractivity contribution in [3.63, 3.8) is 0 Å². The van der Waals surface area contributed by atoms with Gasteiger partial charge in [0.05, 0.1) is 13.2 Å². The zero-order valence-electron chi connectivity index (χ0n) is 11.3. The van der Waals surface area contributed by atoms with E-state index in [-0.39, 0.29) is 64.6 Å². The second-order valence-electron chi connectivity index (χ2n) is 3.99. The van der Waals surface area contributed by atoms with Crippen molar-refractivity contribution in [2.75, 3.05) is 0 Å². The molecule has 0 unspecified atom stereocenters. The molecule has 0 fully saturated rings. The minimum atomic E-state index is -4.02. The van der Waals surface area contributed by atoms with Gasteiger partial charge in [0.25, 0.3) is 0 Å². The third-order valence-corrected chi connectivity index (χ3v) is 3.39. The van der Waals surface area contributed by atoms with E-state index in [0.29, 0.717) is 0 Å². The van der Waals surface area contributed by atoms with Crippen molar-refractivity contribution in [2.45, 2.75) is 13.2 Å². The molecular formula is C14H15KO4P. The molecule has 0 aliphatic carbocycles. The standard InChI is InChI=1S/C14H15O4P.K/c15-19(16,17-11-13-7-3-1-4-8-13)18-12-14-9-5-2-6-10-14;/h1-10H,11-12H2,(H,15,16);. The summed E-state index contributed by atoms with van der Waals surface area (Å²) in [5.74, 6) is 0. The van der Waals surface area contributed by atoms with Crippen LogP contribution in [0.15, 0.2) is 60.7 Å². The average molecular weight is 317 g/mol. The van der Waals surface area contributed by atoms with Crippen molar-refractivity contribution in [3.8, 4) is 0 Å². The van der Waals surface area contributed by atoms with Crippen LogP contribution >= 0.6 is 7.82 Å². The fraction of sp³-hybridized carbons (Fsp3) is 0.143. The third kappa shape index (κ3) is 6.76. The van der Waals surface area contributed by atoms with Crippen LogP contribution in [0.4, 0.5) is 0 Å². The molecule has 2 aromatic carbocycles. The van der Waals surface area contributed by atoms with E-state index in [1.165, 1.54) is 0 Å². The number of phosphoric ester groups is 1. The summed E-state index contributed by atoms with van der Waals surface area (Å²) in [5.41, 5.74) is 1.64. The fourth-order valence-electron chi connectivity index (χ4n) is 1.50. The minimum Gasteiger partial charge on any atom is -0.302 e. The van der Waals surface area contributed by atoms with Gasteiger partial charge in [0.2, 0.25) is 0 Å². The summed E-state index contributed by atoms with van der Waals surface area (Å²) in [7, 11) is -4.02. The molecule has 2 aromatic rings. The molecule has 0 saturated heterocycles. The van der Waals surface area contributed by atoms with E-state index in [2.05, 4.69) is 0 Å². The van der Waals surface area contributed by atoms with Crippen molar-refractivity contribution < 1.29 is 18.5 Å². The van der Waals surface area contributed by atoms with Gasteiger partial charge >= 0.3 is 7.82 Å². The predicted octanol–water partition coefficient (Wildman–Crippen LogP) is 3.14. The first-order chi connectivity index (χ1) is 9.16. The molecule has 0 heterocycles. The Hall–Kier alpha value is 0.186. The number of rotatable bonds is 6. The van der Waals surface area contributed by atoms with Gasteiger partial charge in [-0.2, -0.15) is 0 Å². The molecule has 1 radical (unpaired) electrons. The van der Waals surface area contributed by atoms with E-state index >= 15 is 0 Å².